The van der Waals surface area contributed by atoms with Gasteiger partial charge in [-0.25, -0.2) is 9.37 Å². The first-order valence-corrected chi connectivity index (χ1v) is 7.54. The van der Waals surface area contributed by atoms with E-state index in [9.17, 15) is 4.39 Å². The maximum Gasteiger partial charge on any atom is 0.269 e. The van der Waals surface area contributed by atoms with Crippen LogP contribution < -0.4 is 0 Å². The topological polar surface area (TPSA) is 61.0 Å². The van der Waals surface area contributed by atoms with Crippen molar-refractivity contribution in [2.45, 2.75) is 13.3 Å². The van der Waals surface area contributed by atoms with Crippen LogP contribution in [0, 0.1) is 12.7 Å². The van der Waals surface area contributed by atoms with Gasteiger partial charge in [0.05, 0.1) is 12.3 Å². The SMILES string of the molecule is COCCc1noc(-c2sc(-c3ccc(F)cc3)nc2C)n1. The Balaban J connectivity index is 1.88. The van der Waals surface area contributed by atoms with Gasteiger partial charge in [-0.3, -0.25) is 0 Å². The maximum absolute atomic E-state index is 13.0. The molecule has 3 aromatic rings. The lowest BCUT2D eigenvalue weighted by Crippen LogP contribution is -1.96. The number of benzene rings is 1. The van der Waals surface area contributed by atoms with Crippen molar-refractivity contribution >= 4 is 11.3 Å². The monoisotopic (exact) mass is 319 g/mol. The summed E-state index contributed by atoms with van der Waals surface area (Å²) < 4.78 is 23.3. The molecule has 2 aromatic heterocycles. The summed E-state index contributed by atoms with van der Waals surface area (Å²) in [6.07, 6.45) is 0.600. The number of rotatable bonds is 5. The standard InChI is InChI=1S/C15H14FN3O2S/c1-9-13(14-18-12(19-21-14)7-8-20-2)22-15(17-9)10-3-5-11(16)6-4-10/h3-6H,7-8H2,1-2H3. The Hall–Kier alpha value is -2.12. The Morgan fingerprint density at radius 3 is 2.73 bits per heavy atom. The summed E-state index contributed by atoms with van der Waals surface area (Å²) in [5.41, 5.74) is 1.67. The lowest BCUT2D eigenvalue weighted by Gasteiger charge is -1.94. The Kier molecular flexibility index (Phi) is 4.26. The molecule has 1 aromatic carbocycles. The molecule has 0 aliphatic carbocycles. The van der Waals surface area contributed by atoms with Gasteiger partial charge in [-0.2, -0.15) is 4.98 Å². The summed E-state index contributed by atoms with van der Waals surface area (Å²) in [7, 11) is 1.63. The van der Waals surface area contributed by atoms with E-state index in [1.165, 1.54) is 23.5 Å². The summed E-state index contributed by atoms with van der Waals surface area (Å²) in [5, 5.41) is 4.72. The van der Waals surface area contributed by atoms with Crippen LogP contribution in [-0.4, -0.2) is 28.8 Å². The van der Waals surface area contributed by atoms with E-state index in [2.05, 4.69) is 15.1 Å². The molecule has 0 N–H and O–H groups in total. The molecule has 0 aliphatic rings. The second-order valence-electron chi connectivity index (χ2n) is 4.70. The smallest absolute Gasteiger partial charge is 0.269 e. The molecule has 0 saturated carbocycles. The van der Waals surface area contributed by atoms with Gasteiger partial charge in [0, 0.05) is 19.1 Å². The molecule has 22 heavy (non-hydrogen) atoms. The molecule has 7 heteroatoms. The number of hydrogen-bond donors (Lipinski definition) is 0. The van der Waals surface area contributed by atoms with E-state index in [1.54, 1.807) is 19.2 Å². The quantitative estimate of drug-likeness (QED) is 0.720. The van der Waals surface area contributed by atoms with Gasteiger partial charge in [0.25, 0.3) is 5.89 Å². The van der Waals surface area contributed by atoms with Crippen LogP contribution in [0.15, 0.2) is 28.8 Å². The number of hydrogen-bond acceptors (Lipinski definition) is 6. The Morgan fingerprint density at radius 2 is 2.00 bits per heavy atom. The summed E-state index contributed by atoms with van der Waals surface area (Å²) in [6, 6.07) is 6.24. The van der Waals surface area contributed by atoms with E-state index < -0.39 is 0 Å². The van der Waals surface area contributed by atoms with Crippen LogP contribution in [0.3, 0.4) is 0 Å². The van der Waals surface area contributed by atoms with Crippen LogP contribution in [0.4, 0.5) is 4.39 Å². The lowest BCUT2D eigenvalue weighted by atomic mass is 10.2. The number of halogens is 1. The zero-order valence-electron chi connectivity index (χ0n) is 12.2. The molecule has 0 spiro atoms. The van der Waals surface area contributed by atoms with E-state index in [4.69, 9.17) is 9.26 Å². The first kappa shape index (κ1) is 14.8. The molecule has 0 radical (unpaired) electrons. The summed E-state index contributed by atoms with van der Waals surface area (Å²) in [6.45, 7) is 2.43. The average Bonchev–Trinajstić information content (AvgIpc) is 3.12. The number of methoxy groups -OCH3 is 1. The number of nitrogens with zero attached hydrogens (tertiary/aromatic N) is 3. The molecule has 5 nitrogen and oxygen atoms in total. The van der Waals surface area contributed by atoms with E-state index >= 15 is 0 Å². The van der Waals surface area contributed by atoms with Gasteiger partial charge < -0.3 is 9.26 Å². The second-order valence-corrected chi connectivity index (χ2v) is 5.70. The minimum atomic E-state index is -0.267. The molecular weight excluding hydrogens is 305 g/mol. The van der Waals surface area contributed by atoms with Crippen molar-refractivity contribution in [1.29, 1.82) is 0 Å². The highest BCUT2D eigenvalue weighted by molar-refractivity contribution is 7.18. The van der Waals surface area contributed by atoms with Crippen molar-refractivity contribution in [2.24, 2.45) is 0 Å². The molecule has 0 amide bonds. The fourth-order valence-electron chi connectivity index (χ4n) is 1.95. The van der Waals surface area contributed by atoms with Crippen molar-refractivity contribution in [3.8, 4) is 21.3 Å². The molecule has 0 fully saturated rings. The summed E-state index contributed by atoms with van der Waals surface area (Å²) >= 11 is 1.45. The maximum atomic E-state index is 13.0. The minimum Gasteiger partial charge on any atom is -0.384 e. The second kappa shape index (κ2) is 6.33. The van der Waals surface area contributed by atoms with E-state index in [0.717, 1.165) is 21.1 Å². The van der Waals surface area contributed by atoms with Gasteiger partial charge in [-0.15, -0.1) is 11.3 Å². The summed E-state index contributed by atoms with van der Waals surface area (Å²) in [4.78, 5) is 9.68. The summed E-state index contributed by atoms with van der Waals surface area (Å²) in [5.74, 6) is 0.791. The molecule has 114 valence electrons. The minimum absolute atomic E-state index is 0.267. The highest BCUT2D eigenvalue weighted by Gasteiger charge is 2.17. The zero-order valence-corrected chi connectivity index (χ0v) is 13.0. The number of aromatic nitrogens is 3. The van der Waals surface area contributed by atoms with Crippen LogP contribution in [0.2, 0.25) is 0 Å². The van der Waals surface area contributed by atoms with Gasteiger partial charge >= 0.3 is 0 Å². The number of thiazole rings is 1. The van der Waals surface area contributed by atoms with Crippen LogP contribution in [0.1, 0.15) is 11.5 Å². The van der Waals surface area contributed by atoms with E-state index in [-0.39, 0.29) is 5.82 Å². The van der Waals surface area contributed by atoms with Crippen LogP contribution in [-0.2, 0) is 11.2 Å². The predicted molar refractivity (Wildman–Crippen MR) is 81.1 cm³/mol. The van der Waals surface area contributed by atoms with Gasteiger partial charge in [0.1, 0.15) is 15.7 Å². The normalized spacial score (nSPS) is 11.0. The van der Waals surface area contributed by atoms with Gasteiger partial charge in [0.15, 0.2) is 5.82 Å². The van der Waals surface area contributed by atoms with Crippen molar-refractivity contribution < 1.29 is 13.7 Å². The van der Waals surface area contributed by atoms with Crippen LogP contribution in [0.5, 0.6) is 0 Å². The largest absolute Gasteiger partial charge is 0.384 e. The van der Waals surface area contributed by atoms with Crippen molar-refractivity contribution in [3.05, 3.63) is 41.6 Å². The third kappa shape index (κ3) is 3.05. The van der Waals surface area contributed by atoms with E-state index in [1.807, 2.05) is 6.92 Å². The van der Waals surface area contributed by atoms with Gasteiger partial charge in [0.2, 0.25) is 0 Å². The molecule has 3 rings (SSSR count). The Labute approximate surface area is 130 Å². The van der Waals surface area contributed by atoms with Crippen molar-refractivity contribution in [1.82, 2.24) is 15.1 Å². The average molecular weight is 319 g/mol. The van der Waals surface area contributed by atoms with Gasteiger partial charge in [-0.05, 0) is 31.2 Å². The first-order valence-electron chi connectivity index (χ1n) is 6.72. The highest BCUT2D eigenvalue weighted by atomic mass is 32.1. The molecule has 0 atom stereocenters. The first-order chi connectivity index (χ1) is 10.7. The Morgan fingerprint density at radius 1 is 1.23 bits per heavy atom. The van der Waals surface area contributed by atoms with Crippen LogP contribution >= 0.6 is 11.3 Å². The molecule has 0 unspecified atom stereocenters. The fourth-order valence-corrected chi connectivity index (χ4v) is 2.95. The van der Waals surface area contributed by atoms with Crippen molar-refractivity contribution in [3.63, 3.8) is 0 Å². The zero-order chi connectivity index (χ0) is 15.5. The van der Waals surface area contributed by atoms with E-state index in [0.29, 0.717) is 24.7 Å². The predicted octanol–water partition coefficient (Wildman–Crippen LogP) is 3.50. The van der Waals surface area contributed by atoms with Crippen LogP contribution in [0.25, 0.3) is 21.3 Å². The molecular formula is C15H14FN3O2S. The Bertz CT molecular complexity index is 767. The molecule has 0 saturated heterocycles. The third-order valence-electron chi connectivity index (χ3n) is 3.08. The van der Waals surface area contributed by atoms with Crippen molar-refractivity contribution in [2.75, 3.05) is 13.7 Å². The number of aryl methyl sites for hydroxylation is 1. The van der Waals surface area contributed by atoms with Gasteiger partial charge in [-0.1, -0.05) is 5.16 Å². The molecule has 0 bridgehead atoms. The fraction of sp³-hybridized carbons (Fsp3) is 0.267. The lowest BCUT2D eigenvalue weighted by molar-refractivity contribution is 0.199. The molecule has 2 heterocycles. The third-order valence-corrected chi connectivity index (χ3v) is 4.27. The molecule has 0 aliphatic heterocycles. The number of ether oxygens (including phenoxy) is 1. The highest BCUT2D eigenvalue weighted by Crippen LogP contribution is 2.34.